The molecule has 0 aromatic carbocycles. The Balaban J connectivity index is 4.90. The van der Waals surface area contributed by atoms with E-state index < -0.39 is 54.1 Å². The molecule has 0 unspecified atom stereocenters. The molecule has 0 aliphatic carbocycles. The number of nitrogens with one attached hydrogen (secondary N) is 2. The number of carboxylic acids is 1. The molecule has 136 valence electrons. The lowest BCUT2D eigenvalue weighted by Crippen LogP contribution is -2.55. The molecule has 0 aromatic heterocycles. The van der Waals surface area contributed by atoms with Gasteiger partial charge in [-0.15, -0.1) is 0 Å². The van der Waals surface area contributed by atoms with Crippen LogP contribution in [-0.2, 0) is 24.0 Å². The van der Waals surface area contributed by atoms with Gasteiger partial charge in [0.15, 0.2) is 0 Å². The van der Waals surface area contributed by atoms with E-state index in [4.69, 9.17) is 22.3 Å². The fourth-order valence-corrected chi connectivity index (χ4v) is 1.82. The smallest absolute Gasteiger partial charge is 0.327 e. The van der Waals surface area contributed by atoms with Crippen molar-refractivity contribution in [1.82, 2.24) is 10.6 Å². The van der Waals surface area contributed by atoms with Gasteiger partial charge in [0.2, 0.25) is 23.6 Å². The number of carbonyl (C=O) groups excluding carboxylic acids is 4. The highest BCUT2D eigenvalue weighted by molar-refractivity contribution is 7.80. The van der Waals surface area contributed by atoms with Gasteiger partial charge in [-0.3, -0.25) is 19.2 Å². The first-order valence-electron chi connectivity index (χ1n) is 6.85. The van der Waals surface area contributed by atoms with E-state index in [1.54, 1.807) is 0 Å². The molecule has 3 atom stereocenters. The summed E-state index contributed by atoms with van der Waals surface area (Å²) < 4.78 is 0. The van der Waals surface area contributed by atoms with Crippen molar-refractivity contribution in [2.75, 3.05) is 5.75 Å². The zero-order valence-corrected chi connectivity index (χ0v) is 13.6. The van der Waals surface area contributed by atoms with Crippen LogP contribution in [0, 0.1) is 0 Å². The maximum atomic E-state index is 12.0. The molecule has 0 rings (SSSR count). The number of carbonyl (C=O) groups is 5. The molecule has 11 nitrogen and oxygen atoms in total. The first-order valence-corrected chi connectivity index (χ1v) is 7.48. The molecular weight excluding hydrogens is 342 g/mol. The highest BCUT2D eigenvalue weighted by Crippen LogP contribution is 1.99. The van der Waals surface area contributed by atoms with Gasteiger partial charge in [0.1, 0.15) is 12.1 Å². The lowest BCUT2D eigenvalue weighted by Gasteiger charge is -2.21. The molecule has 0 radical (unpaired) electrons. The molecule has 0 aliphatic heterocycles. The average Bonchev–Trinajstić information content (AvgIpc) is 2.48. The summed E-state index contributed by atoms with van der Waals surface area (Å²) in [7, 11) is 0. The van der Waals surface area contributed by atoms with Crippen molar-refractivity contribution in [3.63, 3.8) is 0 Å². The quantitative estimate of drug-likeness (QED) is 0.183. The molecule has 0 aliphatic rings. The minimum Gasteiger partial charge on any atom is -0.480 e. The van der Waals surface area contributed by atoms with Gasteiger partial charge in [0, 0.05) is 12.2 Å². The van der Waals surface area contributed by atoms with Crippen molar-refractivity contribution < 1.29 is 29.1 Å². The number of nitrogens with two attached hydrogens (primary N) is 3. The van der Waals surface area contributed by atoms with Gasteiger partial charge in [0.25, 0.3) is 0 Å². The summed E-state index contributed by atoms with van der Waals surface area (Å²) in [6.07, 6.45) is -0.749. The van der Waals surface area contributed by atoms with Crippen LogP contribution in [-0.4, -0.2) is 58.6 Å². The van der Waals surface area contributed by atoms with Crippen molar-refractivity contribution >= 4 is 42.2 Å². The molecular formula is C12H21N5O6S. The van der Waals surface area contributed by atoms with Crippen molar-refractivity contribution in [3.8, 4) is 0 Å². The third-order valence-electron chi connectivity index (χ3n) is 2.87. The van der Waals surface area contributed by atoms with E-state index >= 15 is 0 Å². The molecule has 24 heavy (non-hydrogen) atoms. The standard InChI is InChI=1S/C12H21N5O6S/c13-5(1-2-8(14)18)10(20)16-6(3-9(15)19)11(21)17-7(4-24)12(22)23/h5-7,24H,1-4,13H2,(H2,14,18)(H2,15,19)(H,16,20)(H,17,21)(H,22,23)/t5-,6-,7-/m0/s1. The number of carboxylic acid groups (broad SMARTS) is 1. The molecule has 4 amide bonds. The molecule has 0 bridgehead atoms. The zero-order valence-electron chi connectivity index (χ0n) is 12.7. The number of hydrogen-bond donors (Lipinski definition) is 7. The SMILES string of the molecule is NC(=O)CC[C@H](N)C(=O)N[C@@H](CC(N)=O)C(=O)N[C@@H](CS)C(=O)O. The van der Waals surface area contributed by atoms with Gasteiger partial charge in [-0.05, 0) is 6.42 Å². The predicted molar refractivity (Wildman–Crippen MR) is 85.6 cm³/mol. The van der Waals surface area contributed by atoms with Gasteiger partial charge in [-0.2, -0.15) is 12.6 Å². The summed E-state index contributed by atoms with van der Waals surface area (Å²) in [5, 5.41) is 13.2. The van der Waals surface area contributed by atoms with E-state index in [-0.39, 0.29) is 18.6 Å². The van der Waals surface area contributed by atoms with Crippen molar-refractivity contribution in [1.29, 1.82) is 0 Å². The number of thiol groups is 1. The van der Waals surface area contributed by atoms with Crippen molar-refractivity contribution in [3.05, 3.63) is 0 Å². The van der Waals surface area contributed by atoms with Crippen LogP contribution in [0.1, 0.15) is 19.3 Å². The second-order valence-electron chi connectivity index (χ2n) is 4.93. The van der Waals surface area contributed by atoms with E-state index in [2.05, 4.69) is 23.3 Å². The lowest BCUT2D eigenvalue weighted by atomic mass is 10.1. The van der Waals surface area contributed by atoms with Crippen LogP contribution in [0.15, 0.2) is 0 Å². The Bertz CT molecular complexity index is 514. The van der Waals surface area contributed by atoms with Gasteiger partial charge in [-0.1, -0.05) is 0 Å². The third-order valence-corrected chi connectivity index (χ3v) is 3.24. The summed E-state index contributed by atoms with van der Waals surface area (Å²) >= 11 is 3.78. The van der Waals surface area contributed by atoms with Crippen molar-refractivity contribution in [2.45, 2.75) is 37.4 Å². The highest BCUT2D eigenvalue weighted by Gasteiger charge is 2.28. The summed E-state index contributed by atoms with van der Waals surface area (Å²) in [5.74, 6) is -4.81. The Hall–Kier alpha value is -2.34. The average molecular weight is 363 g/mol. The van der Waals surface area contributed by atoms with Gasteiger partial charge < -0.3 is 32.9 Å². The topological polar surface area (TPSA) is 208 Å². The van der Waals surface area contributed by atoms with Crippen LogP contribution < -0.4 is 27.8 Å². The van der Waals surface area contributed by atoms with Crippen LogP contribution in [0.2, 0.25) is 0 Å². The fourth-order valence-electron chi connectivity index (χ4n) is 1.58. The molecule has 0 fully saturated rings. The van der Waals surface area contributed by atoms with Gasteiger partial charge in [-0.25, -0.2) is 4.79 Å². The molecule has 12 heteroatoms. The van der Waals surface area contributed by atoms with Crippen LogP contribution in [0.25, 0.3) is 0 Å². The van der Waals surface area contributed by atoms with E-state index in [0.717, 1.165) is 0 Å². The Labute approximate surface area is 143 Å². The summed E-state index contributed by atoms with van der Waals surface area (Å²) in [4.78, 5) is 56.5. The van der Waals surface area contributed by atoms with E-state index in [9.17, 15) is 24.0 Å². The minimum atomic E-state index is -1.41. The van der Waals surface area contributed by atoms with Crippen LogP contribution in [0.4, 0.5) is 0 Å². The number of primary amides is 2. The minimum absolute atomic E-state index is 0.0551. The molecule has 0 aromatic rings. The first kappa shape index (κ1) is 21.7. The molecule has 9 N–H and O–H groups in total. The Morgan fingerprint density at radius 3 is 1.92 bits per heavy atom. The van der Waals surface area contributed by atoms with Crippen LogP contribution in [0.3, 0.4) is 0 Å². The second kappa shape index (κ2) is 10.4. The van der Waals surface area contributed by atoms with E-state index in [1.165, 1.54) is 0 Å². The lowest BCUT2D eigenvalue weighted by molar-refractivity contribution is -0.141. The Morgan fingerprint density at radius 1 is 0.958 bits per heavy atom. The molecule has 0 spiro atoms. The van der Waals surface area contributed by atoms with Crippen molar-refractivity contribution in [2.24, 2.45) is 17.2 Å². The molecule has 0 heterocycles. The molecule has 0 saturated carbocycles. The summed E-state index contributed by atoms with van der Waals surface area (Å²) in [6, 6.07) is -3.85. The van der Waals surface area contributed by atoms with E-state index in [0.29, 0.717) is 0 Å². The monoisotopic (exact) mass is 363 g/mol. The second-order valence-corrected chi connectivity index (χ2v) is 5.29. The van der Waals surface area contributed by atoms with E-state index in [1.807, 2.05) is 0 Å². The number of aliphatic carboxylic acids is 1. The Morgan fingerprint density at radius 2 is 1.50 bits per heavy atom. The maximum Gasteiger partial charge on any atom is 0.327 e. The number of rotatable bonds is 11. The predicted octanol–water partition coefficient (Wildman–Crippen LogP) is -3.56. The maximum absolute atomic E-state index is 12.0. The zero-order chi connectivity index (χ0) is 18.9. The summed E-state index contributed by atoms with van der Waals surface area (Å²) in [6.45, 7) is 0. The van der Waals surface area contributed by atoms with Crippen LogP contribution in [0.5, 0.6) is 0 Å². The van der Waals surface area contributed by atoms with Gasteiger partial charge in [0.05, 0.1) is 12.5 Å². The first-order chi connectivity index (χ1) is 11.1. The Kier molecular flexibility index (Phi) is 9.42. The third kappa shape index (κ3) is 8.33. The summed E-state index contributed by atoms with van der Waals surface area (Å²) in [5.41, 5.74) is 15.5. The van der Waals surface area contributed by atoms with Gasteiger partial charge >= 0.3 is 5.97 Å². The number of hydrogen-bond acceptors (Lipinski definition) is 7. The normalized spacial score (nSPS) is 14.1. The van der Waals surface area contributed by atoms with Crippen LogP contribution >= 0.6 is 12.6 Å². The highest BCUT2D eigenvalue weighted by atomic mass is 32.1. The fraction of sp³-hybridized carbons (Fsp3) is 0.583. The molecule has 0 saturated heterocycles. The largest absolute Gasteiger partial charge is 0.480 e. The number of amides is 4.